The molecule has 4 heteroatoms. The van der Waals surface area contributed by atoms with E-state index in [9.17, 15) is 8.78 Å². The minimum Gasteiger partial charge on any atom is -0.313 e. The Morgan fingerprint density at radius 2 is 2.11 bits per heavy atom. The van der Waals surface area contributed by atoms with E-state index in [0.717, 1.165) is 18.9 Å². The van der Waals surface area contributed by atoms with Gasteiger partial charge in [0, 0.05) is 17.7 Å². The SMILES string of the molecule is CNC(CCc1ccsc1)c1ccc(F)cc1F. The van der Waals surface area contributed by atoms with Crippen LogP contribution in [0, 0.1) is 11.6 Å². The summed E-state index contributed by atoms with van der Waals surface area (Å²) in [5, 5.41) is 7.20. The summed E-state index contributed by atoms with van der Waals surface area (Å²) in [5.41, 5.74) is 1.77. The van der Waals surface area contributed by atoms with Gasteiger partial charge in [0.1, 0.15) is 11.6 Å². The average molecular weight is 267 g/mol. The molecule has 0 saturated heterocycles. The first-order chi connectivity index (χ1) is 8.70. The van der Waals surface area contributed by atoms with E-state index in [0.29, 0.717) is 5.56 Å². The van der Waals surface area contributed by atoms with E-state index in [1.165, 1.54) is 17.7 Å². The van der Waals surface area contributed by atoms with E-state index in [2.05, 4.69) is 16.8 Å². The first-order valence-electron chi connectivity index (χ1n) is 5.84. The van der Waals surface area contributed by atoms with E-state index in [4.69, 9.17) is 0 Å². The van der Waals surface area contributed by atoms with E-state index in [1.54, 1.807) is 18.4 Å². The number of hydrogen-bond donors (Lipinski definition) is 1. The lowest BCUT2D eigenvalue weighted by Crippen LogP contribution is -2.18. The molecule has 1 aromatic carbocycles. The topological polar surface area (TPSA) is 12.0 Å². The predicted octanol–water partition coefficient (Wildman–Crippen LogP) is 3.92. The van der Waals surface area contributed by atoms with Gasteiger partial charge in [-0.15, -0.1) is 0 Å². The van der Waals surface area contributed by atoms with Gasteiger partial charge in [-0.05, 0) is 48.3 Å². The monoisotopic (exact) mass is 267 g/mol. The molecule has 0 aliphatic carbocycles. The van der Waals surface area contributed by atoms with Crippen LogP contribution in [-0.4, -0.2) is 7.05 Å². The number of thiophene rings is 1. The summed E-state index contributed by atoms with van der Waals surface area (Å²) in [6, 6.07) is 5.72. The molecular weight excluding hydrogens is 252 g/mol. The van der Waals surface area contributed by atoms with Gasteiger partial charge < -0.3 is 5.32 Å². The van der Waals surface area contributed by atoms with Gasteiger partial charge in [0.15, 0.2) is 0 Å². The van der Waals surface area contributed by atoms with Crippen LogP contribution in [0.5, 0.6) is 0 Å². The van der Waals surface area contributed by atoms with Crippen LogP contribution in [0.2, 0.25) is 0 Å². The number of halogens is 2. The van der Waals surface area contributed by atoms with Crippen molar-refractivity contribution in [2.75, 3.05) is 7.05 Å². The molecule has 0 bridgehead atoms. The summed E-state index contributed by atoms with van der Waals surface area (Å²) < 4.78 is 26.5. The molecule has 1 unspecified atom stereocenters. The molecule has 0 spiro atoms. The molecule has 1 nitrogen and oxygen atoms in total. The largest absolute Gasteiger partial charge is 0.313 e. The zero-order valence-corrected chi connectivity index (χ0v) is 10.9. The Labute approximate surface area is 109 Å². The summed E-state index contributed by atoms with van der Waals surface area (Å²) >= 11 is 1.66. The third-order valence-electron chi connectivity index (χ3n) is 2.99. The lowest BCUT2D eigenvalue weighted by Gasteiger charge is -2.17. The molecule has 1 atom stereocenters. The molecule has 96 valence electrons. The minimum absolute atomic E-state index is 0.0921. The van der Waals surface area contributed by atoms with E-state index in [-0.39, 0.29) is 6.04 Å². The highest BCUT2D eigenvalue weighted by Crippen LogP contribution is 2.23. The number of nitrogens with one attached hydrogen (secondary N) is 1. The minimum atomic E-state index is -0.538. The molecular formula is C14H15F2NS. The van der Waals surface area contributed by atoms with E-state index in [1.807, 2.05) is 5.38 Å². The molecule has 2 rings (SSSR count). The van der Waals surface area contributed by atoms with E-state index < -0.39 is 11.6 Å². The van der Waals surface area contributed by atoms with Crippen LogP contribution < -0.4 is 5.32 Å². The Bertz CT molecular complexity index is 497. The van der Waals surface area contributed by atoms with Crippen molar-refractivity contribution in [3.8, 4) is 0 Å². The lowest BCUT2D eigenvalue weighted by atomic mass is 9.99. The lowest BCUT2D eigenvalue weighted by molar-refractivity contribution is 0.501. The molecule has 1 heterocycles. The second-order valence-corrected chi connectivity index (χ2v) is 4.96. The summed E-state index contributed by atoms with van der Waals surface area (Å²) in [4.78, 5) is 0. The fourth-order valence-electron chi connectivity index (χ4n) is 1.99. The zero-order valence-electron chi connectivity index (χ0n) is 10.1. The van der Waals surface area contributed by atoms with Crippen LogP contribution >= 0.6 is 11.3 Å². The van der Waals surface area contributed by atoms with Crippen LogP contribution in [0.4, 0.5) is 8.78 Å². The molecule has 0 aliphatic rings. The Morgan fingerprint density at radius 3 is 2.72 bits per heavy atom. The Balaban J connectivity index is 2.08. The molecule has 0 fully saturated rings. The number of aryl methyl sites for hydroxylation is 1. The van der Waals surface area contributed by atoms with Crippen molar-refractivity contribution in [1.29, 1.82) is 0 Å². The first kappa shape index (κ1) is 13.2. The van der Waals surface area contributed by atoms with Crippen LogP contribution in [0.1, 0.15) is 23.6 Å². The maximum atomic E-state index is 13.7. The van der Waals surface area contributed by atoms with Crippen molar-refractivity contribution in [2.45, 2.75) is 18.9 Å². The molecule has 0 radical (unpaired) electrons. The Hall–Kier alpha value is -1.26. The standard InChI is InChI=1S/C14H15F2NS/c1-17-14(5-2-10-6-7-18-9-10)12-4-3-11(15)8-13(12)16/h3-4,6-9,14,17H,2,5H2,1H3. The van der Waals surface area contributed by atoms with Crippen LogP contribution in [-0.2, 0) is 6.42 Å². The van der Waals surface area contributed by atoms with Gasteiger partial charge >= 0.3 is 0 Å². The summed E-state index contributed by atoms with van der Waals surface area (Å²) in [6.07, 6.45) is 1.67. The van der Waals surface area contributed by atoms with Crippen LogP contribution in [0.15, 0.2) is 35.0 Å². The fourth-order valence-corrected chi connectivity index (χ4v) is 2.69. The van der Waals surface area contributed by atoms with Crippen LogP contribution in [0.3, 0.4) is 0 Å². The van der Waals surface area contributed by atoms with Gasteiger partial charge in [-0.25, -0.2) is 8.78 Å². The Morgan fingerprint density at radius 1 is 1.28 bits per heavy atom. The van der Waals surface area contributed by atoms with Crippen LogP contribution in [0.25, 0.3) is 0 Å². The number of benzene rings is 1. The van der Waals surface area contributed by atoms with Gasteiger partial charge in [0.2, 0.25) is 0 Å². The van der Waals surface area contributed by atoms with Crippen molar-refractivity contribution in [3.63, 3.8) is 0 Å². The maximum absolute atomic E-state index is 13.7. The molecule has 0 saturated carbocycles. The third kappa shape index (κ3) is 3.15. The molecule has 2 aromatic rings. The molecule has 1 aromatic heterocycles. The first-order valence-corrected chi connectivity index (χ1v) is 6.78. The van der Waals surface area contributed by atoms with Crippen molar-refractivity contribution >= 4 is 11.3 Å². The smallest absolute Gasteiger partial charge is 0.130 e. The highest BCUT2D eigenvalue weighted by Gasteiger charge is 2.14. The molecule has 18 heavy (non-hydrogen) atoms. The maximum Gasteiger partial charge on any atom is 0.130 e. The van der Waals surface area contributed by atoms with Crippen molar-refractivity contribution in [3.05, 3.63) is 57.8 Å². The summed E-state index contributed by atoms with van der Waals surface area (Å²) in [5.74, 6) is -1.02. The van der Waals surface area contributed by atoms with Gasteiger partial charge in [0.25, 0.3) is 0 Å². The second-order valence-electron chi connectivity index (χ2n) is 4.18. The third-order valence-corrected chi connectivity index (χ3v) is 3.72. The quantitative estimate of drug-likeness (QED) is 0.865. The fraction of sp³-hybridized carbons (Fsp3) is 0.286. The number of rotatable bonds is 5. The summed E-state index contributed by atoms with van der Waals surface area (Å²) in [7, 11) is 1.79. The average Bonchev–Trinajstić information content (AvgIpc) is 2.85. The van der Waals surface area contributed by atoms with Gasteiger partial charge in [0.05, 0.1) is 0 Å². The van der Waals surface area contributed by atoms with Gasteiger partial charge in [-0.2, -0.15) is 11.3 Å². The molecule has 0 amide bonds. The van der Waals surface area contributed by atoms with E-state index >= 15 is 0 Å². The Kier molecular flexibility index (Phi) is 4.44. The number of hydrogen-bond acceptors (Lipinski definition) is 2. The van der Waals surface area contributed by atoms with Crippen molar-refractivity contribution in [1.82, 2.24) is 5.32 Å². The predicted molar refractivity (Wildman–Crippen MR) is 70.8 cm³/mol. The van der Waals surface area contributed by atoms with Gasteiger partial charge in [-0.3, -0.25) is 0 Å². The highest BCUT2D eigenvalue weighted by atomic mass is 32.1. The second kappa shape index (κ2) is 6.07. The normalized spacial score (nSPS) is 12.6. The van der Waals surface area contributed by atoms with Gasteiger partial charge in [-0.1, -0.05) is 6.07 Å². The summed E-state index contributed by atoms with van der Waals surface area (Å²) in [6.45, 7) is 0. The zero-order chi connectivity index (χ0) is 13.0. The van der Waals surface area contributed by atoms with Crippen molar-refractivity contribution in [2.24, 2.45) is 0 Å². The highest BCUT2D eigenvalue weighted by molar-refractivity contribution is 7.07. The molecule has 0 aliphatic heterocycles. The molecule has 1 N–H and O–H groups in total. The van der Waals surface area contributed by atoms with Crippen molar-refractivity contribution < 1.29 is 8.78 Å².